The number of alkyl carbamates (subject to hydrolysis) is 1. The lowest BCUT2D eigenvalue weighted by Crippen LogP contribution is -2.44. The van der Waals surface area contributed by atoms with Gasteiger partial charge in [-0.25, -0.2) is 4.79 Å². The van der Waals surface area contributed by atoms with Crippen LogP contribution in [-0.2, 0) is 20.9 Å². The van der Waals surface area contributed by atoms with Crippen LogP contribution in [0.3, 0.4) is 0 Å². The van der Waals surface area contributed by atoms with Crippen molar-refractivity contribution in [2.24, 2.45) is 5.92 Å². The first kappa shape index (κ1) is 31.4. The Kier molecular flexibility index (Phi) is 11.6. The molecule has 1 aliphatic rings. The number of amides is 2. The molecule has 4 N–H and O–H groups in total. The highest BCUT2D eigenvalue weighted by atomic mass is 31.0. The molecule has 0 fully saturated rings. The van der Waals surface area contributed by atoms with Crippen molar-refractivity contribution in [3.8, 4) is 11.1 Å². The molecule has 222 valence electrons. The molecule has 3 atom stereocenters. The van der Waals surface area contributed by atoms with E-state index in [1.54, 1.807) is 24.3 Å². The molecule has 1 unspecified atom stereocenters. The highest BCUT2D eigenvalue weighted by Crippen LogP contribution is 2.44. The Balaban J connectivity index is 1.36. The second kappa shape index (κ2) is 15.6. The Morgan fingerprint density at radius 1 is 0.929 bits per heavy atom. The molecule has 1 aliphatic carbocycles. The Bertz CT molecular complexity index is 1320. The third kappa shape index (κ3) is 8.03. The van der Waals surface area contributed by atoms with Crippen molar-refractivity contribution in [2.75, 3.05) is 31.7 Å². The van der Waals surface area contributed by atoms with Crippen molar-refractivity contribution in [3.05, 3.63) is 89.5 Å². The van der Waals surface area contributed by atoms with Gasteiger partial charge in [-0.15, -0.1) is 9.24 Å². The van der Waals surface area contributed by atoms with Gasteiger partial charge < -0.3 is 25.8 Å². The van der Waals surface area contributed by atoms with Crippen LogP contribution in [-0.4, -0.2) is 55.3 Å². The predicted octanol–water partition coefficient (Wildman–Crippen LogP) is 4.86. The maximum atomic E-state index is 13.3. The zero-order valence-corrected chi connectivity index (χ0v) is 25.1. The number of aliphatic hydroxyl groups is 1. The van der Waals surface area contributed by atoms with Gasteiger partial charge in [-0.2, -0.15) is 0 Å². The number of benzene rings is 3. The first-order valence-electron chi connectivity index (χ1n) is 14.4. The van der Waals surface area contributed by atoms with Crippen LogP contribution in [0.5, 0.6) is 0 Å². The van der Waals surface area contributed by atoms with E-state index in [0.29, 0.717) is 18.3 Å². The number of Topliss-reactive ketones (excluding diaryl/α,β-unsaturated/α-hetero) is 1. The van der Waals surface area contributed by atoms with Gasteiger partial charge in [0.05, 0.1) is 12.6 Å². The molecule has 9 heteroatoms. The number of aliphatic hydroxyl groups excluding tert-OH is 1. The van der Waals surface area contributed by atoms with Crippen molar-refractivity contribution >= 4 is 32.7 Å². The number of unbranched alkanes of at least 4 members (excludes halogenated alkanes) is 1. The largest absolute Gasteiger partial charge is 0.449 e. The number of ketones is 1. The maximum absolute atomic E-state index is 13.3. The molecule has 0 bridgehead atoms. The van der Waals surface area contributed by atoms with E-state index < -0.39 is 18.1 Å². The smallest absolute Gasteiger partial charge is 0.407 e. The van der Waals surface area contributed by atoms with Crippen LogP contribution < -0.4 is 16.0 Å². The van der Waals surface area contributed by atoms with Crippen molar-refractivity contribution < 1.29 is 24.2 Å². The minimum absolute atomic E-state index is 0.00281. The monoisotopic (exact) mass is 589 g/mol. The number of nitrogens with one attached hydrogen (secondary N) is 3. The summed E-state index contributed by atoms with van der Waals surface area (Å²) in [4.78, 5) is 39.4. The van der Waals surface area contributed by atoms with E-state index in [1.165, 1.54) is 0 Å². The van der Waals surface area contributed by atoms with Gasteiger partial charge in [0.15, 0.2) is 5.78 Å². The average molecular weight is 590 g/mol. The average Bonchev–Trinajstić information content (AvgIpc) is 3.34. The second-order valence-corrected chi connectivity index (χ2v) is 11.0. The molecule has 0 saturated heterocycles. The van der Waals surface area contributed by atoms with Crippen molar-refractivity contribution in [1.29, 1.82) is 0 Å². The summed E-state index contributed by atoms with van der Waals surface area (Å²) in [5.41, 5.74) is 5.86. The Hall–Kier alpha value is -3.58. The highest BCUT2D eigenvalue weighted by Gasteiger charge is 2.30. The number of anilines is 1. The molecule has 0 heterocycles. The van der Waals surface area contributed by atoms with E-state index in [2.05, 4.69) is 49.5 Å². The van der Waals surface area contributed by atoms with Crippen LogP contribution >= 0.6 is 9.24 Å². The molecule has 0 spiro atoms. The lowest BCUT2D eigenvalue weighted by molar-refractivity contribution is -0.127. The third-order valence-corrected chi connectivity index (χ3v) is 8.18. The van der Waals surface area contributed by atoms with E-state index in [0.717, 1.165) is 47.2 Å². The van der Waals surface area contributed by atoms with E-state index in [-0.39, 0.29) is 37.2 Å². The summed E-state index contributed by atoms with van der Waals surface area (Å²) in [7, 11) is 4.38. The standard InChI is InChI=1S/C33H40N3O5P/c1-34-17-7-6-8-23(32(39)35-24-15-13-22(19-37)14-16-24)18-31(38)30(21-42)36-33(40)41-20-29-27-11-4-2-9-25(27)26-10-3-5-12-28(26)29/h2-5,9-16,23,29-30,34,37H,6-8,17-21,42H2,1H3,(H,35,39)(H,36,40)/t23-,30+/m1/s1. The molecule has 0 radical (unpaired) electrons. The highest BCUT2D eigenvalue weighted by molar-refractivity contribution is 7.16. The lowest BCUT2D eigenvalue weighted by Gasteiger charge is -2.21. The zero-order chi connectivity index (χ0) is 29.9. The molecule has 3 aromatic carbocycles. The summed E-state index contributed by atoms with van der Waals surface area (Å²) >= 11 is 0. The molecular formula is C33H40N3O5P. The normalized spacial score (nSPS) is 13.5. The number of hydrogen-bond donors (Lipinski definition) is 4. The molecule has 0 aliphatic heterocycles. The van der Waals surface area contributed by atoms with Gasteiger partial charge in [-0.3, -0.25) is 9.59 Å². The lowest BCUT2D eigenvalue weighted by atomic mass is 9.92. The van der Waals surface area contributed by atoms with Crippen LogP contribution in [0.15, 0.2) is 72.8 Å². The van der Waals surface area contributed by atoms with Crippen LogP contribution in [0.25, 0.3) is 11.1 Å². The van der Waals surface area contributed by atoms with Gasteiger partial charge in [-0.1, -0.05) is 67.1 Å². The fourth-order valence-corrected chi connectivity index (χ4v) is 5.78. The summed E-state index contributed by atoms with van der Waals surface area (Å²) in [5, 5.41) is 18.0. The van der Waals surface area contributed by atoms with Gasteiger partial charge in [0.2, 0.25) is 5.91 Å². The summed E-state index contributed by atoms with van der Waals surface area (Å²) in [6.45, 7) is 0.898. The molecule has 3 aromatic rings. The van der Waals surface area contributed by atoms with Crippen LogP contribution in [0, 0.1) is 5.92 Å². The van der Waals surface area contributed by atoms with Crippen LogP contribution in [0.2, 0.25) is 0 Å². The number of ether oxygens (including phenoxy) is 1. The number of carbonyl (C=O) groups is 3. The van der Waals surface area contributed by atoms with Crippen LogP contribution in [0.4, 0.5) is 10.5 Å². The van der Waals surface area contributed by atoms with Crippen LogP contribution in [0.1, 0.15) is 48.3 Å². The second-order valence-electron chi connectivity index (χ2n) is 10.6. The SMILES string of the molecule is CNCCCC[C@H](CC(=O)[C@H](CP)NC(=O)OCC1c2ccccc2-c2ccccc21)C(=O)Nc1ccc(CO)cc1. The molecule has 4 rings (SSSR count). The maximum Gasteiger partial charge on any atom is 0.407 e. The zero-order valence-electron chi connectivity index (χ0n) is 24.0. The summed E-state index contributed by atoms with van der Waals surface area (Å²) < 4.78 is 5.65. The number of hydrogen-bond acceptors (Lipinski definition) is 6. The van der Waals surface area contributed by atoms with Crippen molar-refractivity contribution in [2.45, 2.75) is 44.2 Å². The van der Waals surface area contributed by atoms with Gasteiger partial charge in [0, 0.05) is 23.9 Å². The predicted molar refractivity (Wildman–Crippen MR) is 168 cm³/mol. The Labute approximate surface area is 249 Å². The van der Waals surface area contributed by atoms with E-state index in [4.69, 9.17) is 4.74 Å². The fourth-order valence-electron chi connectivity index (χ4n) is 5.39. The third-order valence-electron chi connectivity index (χ3n) is 7.71. The van der Waals surface area contributed by atoms with Gasteiger partial charge in [0.25, 0.3) is 0 Å². The molecule has 2 amide bonds. The molecule has 42 heavy (non-hydrogen) atoms. The van der Waals surface area contributed by atoms with Gasteiger partial charge in [0.1, 0.15) is 6.61 Å². The minimum Gasteiger partial charge on any atom is -0.449 e. The van der Waals surface area contributed by atoms with E-state index in [1.807, 2.05) is 31.3 Å². The Morgan fingerprint density at radius 2 is 1.57 bits per heavy atom. The van der Waals surface area contributed by atoms with Gasteiger partial charge >= 0.3 is 6.09 Å². The molecule has 8 nitrogen and oxygen atoms in total. The number of carbonyl (C=O) groups excluding carboxylic acids is 3. The van der Waals surface area contributed by atoms with Crippen molar-refractivity contribution in [3.63, 3.8) is 0 Å². The summed E-state index contributed by atoms with van der Waals surface area (Å²) in [5.74, 6) is -1.09. The molecular weight excluding hydrogens is 549 g/mol. The minimum atomic E-state index is -0.790. The Morgan fingerprint density at radius 3 is 2.17 bits per heavy atom. The van der Waals surface area contributed by atoms with Crippen molar-refractivity contribution in [1.82, 2.24) is 10.6 Å². The first-order valence-corrected chi connectivity index (χ1v) is 15.3. The first-order chi connectivity index (χ1) is 20.4. The fraction of sp³-hybridized carbons (Fsp3) is 0.364. The topological polar surface area (TPSA) is 117 Å². The molecule has 0 aromatic heterocycles. The summed E-state index contributed by atoms with van der Waals surface area (Å²) in [6.07, 6.45) is 1.85. The van der Waals surface area contributed by atoms with E-state index in [9.17, 15) is 19.5 Å². The number of rotatable bonds is 15. The number of fused-ring (bicyclic) bond motifs is 3. The van der Waals surface area contributed by atoms with Gasteiger partial charge in [-0.05, 0) is 72.5 Å². The van der Waals surface area contributed by atoms with E-state index >= 15 is 0 Å². The summed E-state index contributed by atoms with van der Waals surface area (Å²) in [6, 6.07) is 22.4. The quantitative estimate of drug-likeness (QED) is 0.149. The molecule has 0 saturated carbocycles.